The van der Waals surface area contributed by atoms with E-state index in [1.54, 1.807) is 17.6 Å². The number of aryl methyl sites for hydroxylation is 1. The zero-order chi connectivity index (χ0) is 24.9. The van der Waals surface area contributed by atoms with E-state index < -0.39 is 11.5 Å². The van der Waals surface area contributed by atoms with Crippen molar-refractivity contribution >= 4 is 33.3 Å². The molecular weight excluding hydrogens is 478 g/mol. The summed E-state index contributed by atoms with van der Waals surface area (Å²) in [4.78, 5) is 14.5. The fraction of sp³-hybridized carbons (Fsp3) is 0.423. The van der Waals surface area contributed by atoms with Crippen LogP contribution in [0.2, 0.25) is 0 Å². The van der Waals surface area contributed by atoms with Gasteiger partial charge in [-0.3, -0.25) is 0 Å². The van der Waals surface area contributed by atoms with E-state index in [2.05, 4.69) is 16.7 Å². The first-order valence-corrected chi connectivity index (χ1v) is 13.0. The number of fused-ring (bicyclic) bond motifs is 2. The van der Waals surface area contributed by atoms with Gasteiger partial charge >= 0.3 is 0 Å². The van der Waals surface area contributed by atoms with Crippen LogP contribution < -0.4 is 10.6 Å². The maximum atomic E-state index is 10.0. The molecule has 2 fully saturated rings. The van der Waals surface area contributed by atoms with Gasteiger partial charge < -0.3 is 29.6 Å². The molecule has 2 aliphatic rings. The number of anilines is 2. The van der Waals surface area contributed by atoms with E-state index in [-0.39, 0.29) is 18.6 Å². The molecule has 1 saturated carbocycles. The number of para-hydroxylation sites is 1. The number of aromatic nitrogens is 3. The highest BCUT2D eigenvalue weighted by Gasteiger charge is 2.60. The third-order valence-corrected chi connectivity index (χ3v) is 7.83. The summed E-state index contributed by atoms with van der Waals surface area (Å²) >= 11 is 1.60. The molecule has 1 aromatic carbocycles. The summed E-state index contributed by atoms with van der Waals surface area (Å²) in [7, 11) is 0. The molecule has 6 rings (SSSR count). The summed E-state index contributed by atoms with van der Waals surface area (Å²) in [6, 6.07) is 11.8. The number of hydrogen-bond donors (Lipinski definition) is 3. The van der Waals surface area contributed by atoms with Crippen molar-refractivity contribution in [1.82, 2.24) is 15.0 Å². The zero-order valence-corrected chi connectivity index (χ0v) is 21.3. The van der Waals surface area contributed by atoms with E-state index in [9.17, 15) is 5.11 Å². The number of rotatable bonds is 7. The predicted octanol–water partition coefficient (Wildman–Crippen LogP) is 4.93. The van der Waals surface area contributed by atoms with Crippen molar-refractivity contribution in [1.29, 1.82) is 0 Å². The minimum atomic E-state index is -0.818. The van der Waals surface area contributed by atoms with Crippen molar-refractivity contribution in [3.8, 4) is 10.6 Å². The topological polar surface area (TPSA) is 115 Å². The van der Waals surface area contributed by atoms with Gasteiger partial charge in [-0.2, -0.15) is 4.98 Å². The number of thiazole rings is 1. The van der Waals surface area contributed by atoms with Crippen LogP contribution in [0.1, 0.15) is 38.1 Å². The Morgan fingerprint density at radius 1 is 1.14 bits per heavy atom. The van der Waals surface area contributed by atoms with Crippen LogP contribution >= 0.6 is 11.3 Å². The monoisotopic (exact) mass is 507 g/mol. The molecule has 3 atom stereocenters. The van der Waals surface area contributed by atoms with Crippen LogP contribution in [0.15, 0.2) is 47.1 Å². The Hall–Kier alpha value is -3.05. The van der Waals surface area contributed by atoms with Crippen LogP contribution in [0.25, 0.3) is 20.8 Å². The summed E-state index contributed by atoms with van der Waals surface area (Å²) < 4.78 is 19.3. The quantitative estimate of drug-likeness (QED) is 0.320. The van der Waals surface area contributed by atoms with Crippen LogP contribution in [0, 0.1) is 12.8 Å². The van der Waals surface area contributed by atoms with E-state index in [1.165, 1.54) is 0 Å². The Morgan fingerprint density at radius 2 is 2.00 bits per heavy atom. The third kappa shape index (κ3) is 4.13. The lowest BCUT2D eigenvalue weighted by Crippen LogP contribution is -2.46. The molecule has 0 spiro atoms. The van der Waals surface area contributed by atoms with E-state index in [0.717, 1.165) is 38.7 Å². The number of nitrogens with one attached hydrogen (secondary N) is 2. The van der Waals surface area contributed by atoms with Crippen LogP contribution in [0.3, 0.4) is 0 Å². The van der Waals surface area contributed by atoms with E-state index in [0.29, 0.717) is 24.7 Å². The Morgan fingerprint density at radius 3 is 2.78 bits per heavy atom. The fourth-order valence-electron chi connectivity index (χ4n) is 5.25. The van der Waals surface area contributed by atoms with Crippen LogP contribution in [-0.2, 0) is 16.0 Å². The fourth-order valence-corrected chi connectivity index (χ4v) is 6.31. The molecule has 0 radical (unpaired) electrons. The summed E-state index contributed by atoms with van der Waals surface area (Å²) in [6.45, 7) is 6.26. The van der Waals surface area contributed by atoms with Gasteiger partial charge in [-0.05, 0) is 57.9 Å². The molecule has 3 N–H and O–H groups in total. The number of ether oxygens (including phenoxy) is 2. The molecule has 10 heteroatoms. The minimum absolute atomic E-state index is 0.0235. The van der Waals surface area contributed by atoms with E-state index in [1.807, 2.05) is 51.1 Å². The molecule has 1 saturated heterocycles. The second-order valence-electron chi connectivity index (χ2n) is 9.81. The SMILES string of the molecule is Cc1nc(NCc2ccco2)nc(NC23CCC(CO)C2OC(C)(C)O3)c1-c1nc2ccccc2s1. The summed E-state index contributed by atoms with van der Waals surface area (Å²) in [5.74, 6) is 1.07. The number of aliphatic hydroxyl groups is 1. The maximum absolute atomic E-state index is 10.0. The average Bonchev–Trinajstić information content (AvgIpc) is 3.60. The predicted molar refractivity (Wildman–Crippen MR) is 138 cm³/mol. The number of benzene rings is 1. The van der Waals surface area contributed by atoms with Crippen molar-refractivity contribution in [3.63, 3.8) is 0 Å². The Kier molecular flexibility index (Phi) is 5.71. The lowest BCUT2D eigenvalue weighted by Gasteiger charge is -2.31. The highest BCUT2D eigenvalue weighted by molar-refractivity contribution is 7.21. The molecule has 3 unspecified atom stereocenters. The van der Waals surface area contributed by atoms with Gasteiger partial charge in [0.05, 0.1) is 34.3 Å². The van der Waals surface area contributed by atoms with Crippen LogP contribution in [-0.4, -0.2) is 44.3 Å². The summed E-state index contributed by atoms with van der Waals surface area (Å²) in [5.41, 5.74) is 1.73. The van der Waals surface area contributed by atoms with Crippen molar-refractivity contribution in [2.24, 2.45) is 5.92 Å². The largest absolute Gasteiger partial charge is 0.467 e. The molecule has 0 amide bonds. The van der Waals surface area contributed by atoms with Crippen molar-refractivity contribution in [2.75, 3.05) is 17.2 Å². The molecule has 1 aliphatic heterocycles. The Labute approximate surface area is 212 Å². The smallest absolute Gasteiger partial charge is 0.225 e. The third-order valence-electron chi connectivity index (χ3n) is 6.78. The molecule has 36 heavy (non-hydrogen) atoms. The van der Waals surface area contributed by atoms with Gasteiger partial charge in [0.25, 0.3) is 0 Å². The van der Waals surface area contributed by atoms with Gasteiger partial charge in [0.15, 0.2) is 11.5 Å². The number of nitrogens with zero attached hydrogens (tertiary/aromatic N) is 3. The number of aliphatic hydroxyl groups excluding tert-OH is 1. The van der Waals surface area contributed by atoms with E-state index >= 15 is 0 Å². The summed E-state index contributed by atoms with van der Waals surface area (Å²) in [6.07, 6.45) is 2.80. The number of furan rings is 1. The molecular formula is C26H29N5O4S. The Bertz CT molecular complexity index is 1360. The van der Waals surface area contributed by atoms with Gasteiger partial charge in [0.2, 0.25) is 5.95 Å². The second kappa shape index (κ2) is 8.81. The van der Waals surface area contributed by atoms with Gasteiger partial charge in [-0.15, -0.1) is 11.3 Å². The van der Waals surface area contributed by atoms with Crippen LogP contribution in [0.4, 0.5) is 11.8 Å². The molecule has 188 valence electrons. The lowest BCUT2D eigenvalue weighted by atomic mass is 10.0. The highest BCUT2D eigenvalue weighted by atomic mass is 32.1. The minimum Gasteiger partial charge on any atom is -0.467 e. The van der Waals surface area contributed by atoms with Crippen LogP contribution in [0.5, 0.6) is 0 Å². The first kappa shape index (κ1) is 23.4. The van der Waals surface area contributed by atoms with Crippen molar-refractivity contribution in [3.05, 3.63) is 54.1 Å². The molecule has 1 aliphatic carbocycles. The molecule has 0 bridgehead atoms. The summed E-state index contributed by atoms with van der Waals surface area (Å²) in [5, 5.41) is 17.7. The lowest BCUT2D eigenvalue weighted by molar-refractivity contribution is -0.168. The number of hydrogen-bond acceptors (Lipinski definition) is 10. The first-order valence-electron chi connectivity index (χ1n) is 12.1. The van der Waals surface area contributed by atoms with Gasteiger partial charge in [0.1, 0.15) is 22.7 Å². The Balaban J connectivity index is 1.43. The first-order chi connectivity index (χ1) is 17.4. The van der Waals surface area contributed by atoms with E-state index in [4.69, 9.17) is 28.8 Å². The molecule has 4 aromatic rings. The molecule has 3 aromatic heterocycles. The van der Waals surface area contributed by atoms with Gasteiger partial charge in [0, 0.05) is 12.5 Å². The second-order valence-corrected chi connectivity index (χ2v) is 10.8. The highest BCUT2D eigenvalue weighted by Crippen LogP contribution is 2.50. The van der Waals surface area contributed by atoms with Gasteiger partial charge in [-0.1, -0.05) is 12.1 Å². The molecule has 9 nitrogen and oxygen atoms in total. The van der Waals surface area contributed by atoms with Crippen molar-refractivity contribution in [2.45, 2.75) is 57.8 Å². The zero-order valence-electron chi connectivity index (χ0n) is 20.4. The van der Waals surface area contributed by atoms with Crippen molar-refractivity contribution < 1.29 is 19.0 Å². The van der Waals surface area contributed by atoms with Gasteiger partial charge in [-0.25, -0.2) is 9.97 Å². The normalized spacial score (nSPS) is 24.8. The standard InChI is InChI=1S/C26H29N5O4S/c1-15-20(23-29-18-8-4-5-9-19(18)36-23)22(30-24(28-15)27-13-17-7-6-12-33-17)31-26-11-10-16(14-32)21(26)34-25(2,3)35-26/h4-9,12,16,21,32H,10-11,13-14H2,1-3H3,(H2,27,28,30,31). The average molecular weight is 508 g/mol. The molecule has 4 heterocycles. The maximum Gasteiger partial charge on any atom is 0.225 e.